The molecule has 1 N–H and O–H groups in total. The molecule has 0 aromatic carbocycles. The molecule has 0 radical (unpaired) electrons. The molecule has 1 aromatic rings. The van der Waals surface area contributed by atoms with Gasteiger partial charge in [-0.15, -0.1) is 0 Å². The van der Waals surface area contributed by atoms with E-state index in [1.165, 1.54) is 19.4 Å². The molecule has 1 aliphatic carbocycles. The number of methoxy groups -OCH3 is 1. The molecule has 1 heterocycles. The molecule has 1 fully saturated rings. The maximum absolute atomic E-state index is 11.4. The fourth-order valence-electron chi connectivity index (χ4n) is 2.28. The molecule has 1 saturated carbocycles. The van der Waals surface area contributed by atoms with Crippen LogP contribution in [-0.4, -0.2) is 29.0 Å². The second-order valence-corrected chi connectivity index (χ2v) is 4.53. The Morgan fingerprint density at radius 1 is 1.53 bits per heavy atom. The number of ether oxygens (including phenoxy) is 1. The maximum atomic E-state index is 11.4. The van der Waals surface area contributed by atoms with Gasteiger partial charge in [0, 0.05) is 12.1 Å². The zero-order valence-corrected chi connectivity index (χ0v) is 10.5. The van der Waals surface area contributed by atoms with Crippen molar-refractivity contribution in [2.24, 2.45) is 5.92 Å². The summed E-state index contributed by atoms with van der Waals surface area (Å²) in [6.07, 6.45) is 3.57. The first kappa shape index (κ1) is 13.3. The molecule has 2 atom stereocenters. The number of nitrogens with one attached hydrogen (secondary N) is 1. The fraction of sp³-hybridized carbons (Fsp3) is 0.500. The van der Waals surface area contributed by atoms with E-state index in [2.05, 4.69) is 10.3 Å². The second kappa shape index (κ2) is 5.64. The number of anilines is 1. The van der Waals surface area contributed by atoms with Gasteiger partial charge in [0.05, 0.1) is 18.0 Å². The summed E-state index contributed by atoms with van der Waals surface area (Å²) >= 11 is 0. The third-order valence-electron chi connectivity index (χ3n) is 3.28. The summed E-state index contributed by atoms with van der Waals surface area (Å²) in [5.41, 5.74) is -0.0376. The quantitative estimate of drug-likeness (QED) is 0.506. The van der Waals surface area contributed by atoms with Gasteiger partial charge in [-0.25, -0.2) is 4.98 Å². The number of esters is 1. The van der Waals surface area contributed by atoms with E-state index >= 15 is 0 Å². The Balaban J connectivity index is 1.92. The highest BCUT2D eigenvalue weighted by atomic mass is 16.6. The largest absolute Gasteiger partial charge is 0.469 e. The molecule has 102 valence electrons. The van der Waals surface area contributed by atoms with Gasteiger partial charge in [-0.3, -0.25) is 14.9 Å². The summed E-state index contributed by atoms with van der Waals surface area (Å²) in [7, 11) is 1.39. The second-order valence-electron chi connectivity index (χ2n) is 4.53. The molecule has 0 saturated heterocycles. The highest BCUT2D eigenvalue weighted by molar-refractivity contribution is 5.72. The lowest BCUT2D eigenvalue weighted by Crippen LogP contribution is -2.19. The topological polar surface area (TPSA) is 94.4 Å². The van der Waals surface area contributed by atoms with Crippen LogP contribution in [0.2, 0.25) is 0 Å². The molecule has 7 heteroatoms. The molecular weight excluding hydrogens is 250 g/mol. The van der Waals surface area contributed by atoms with Gasteiger partial charge >= 0.3 is 5.97 Å². The molecule has 7 nitrogen and oxygen atoms in total. The van der Waals surface area contributed by atoms with Crippen molar-refractivity contribution >= 4 is 17.5 Å². The fourth-order valence-corrected chi connectivity index (χ4v) is 2.28. The predicted octanol–water partition coefficient (Wildman–Crippen LogP) is 1.74. The standard InChI is InChI=1S/C12H15N3O4/c1-19-12(16)8-2-3-9(6-8)14-11-5-4-10(7-13-11)15(17)18/h4-5,7-9H,2-3,6H2,1H3,(H,13,14)/t8-,9+/m0/s1. The van der Waals surface area contributed by atoms with E-state index in [1.807, 2.05) is 0 Å². The maximum Gasteiger partial charge on any atom is 0.308 e. The van der Waals surface area contributed by atoms with E-state index < -0.39 is 4.92 Å². The van der Waals surface area contributed by atoms with Crippen LogP contribution in [0, 0.1) is 16.0 Å². The van der Waals surface area contributed by atoms with Crippen LogP contribution >= 0.6 is 0 Å². The van der Waals surface area contributed by atoms with Crippen molar-refractivity contribution in [1.29, 1.82) is 0 Å². The van der Waals surface area contributed by atoms with Crippen molar-refractivity contribution in [3.8, 4) is 0 Å². The zero-order valence-electron chi connectivity index (χ0n) is 10.5. The van der Waals surface area contributed by atoms with Gasteiger partial charge in [0.1, 0.15) is 12.0 Å². The van der Waals surface area contributed by atoms with Crippen molar-refractivity contribution in [1.82, 2.24) is 4.98 Å². The van der Waals surface area contributed by atoms with Crippen molar-refractivity contribution in [3.63, 3.8) is 0 Å². The first-order chi connectivity index (χ1) is 9.10. The lowest BCUT2D eigenvalue weighted by atomic mass is 10.1. The van der Waals surface area contributed by atoms with Crippen molar-refractivity contribution in [2.75, 3.05) is 12.4 Å². The molecule has 19 heavy (non-hydrogen) atoms. The molecule has 0 bridgehead atoms. The van der Waals surface area contributed by atoms with Crippen LogP contribution in [0.3, 0.4) is 0 Å². The molecule has 0 amide bonds. The highest BCUT2D eigenvalue weighted by Crippen LogP contribution is 2.28. The van der Waals surface area contributed by atoms with Crippen LogP contribution in [0.25, 0.3) is 0 Å². The van der Waals surface area contributed by atoms with E-state index in [4.69, 9.17) is 4.74 Å². The number of nitrogens with zero attached hydrogens (tertiary/aromatic N) is 2. The number of carbonyl (C=O) groups excluding carboxylic acids is 1. The minimum atomic E-state index is -0.486. The Labute approximate surface area is 110 Å². The Hall–Kier alpha value is -2.18. The minimum absolute atomic E-state index is 0.0376. The van der Waals surface area contributed by atoms with Gasteiger partial charge in [0.25, 0.3) is 5.69 Å². The highest BCUT2D eigenvalue weighted by Gasteiger charge is 2.30. The monoisotopic (exact) mass is 265 g/mol. The van der Waals surface area contributed by atoms with Gasteiger partial charge in [-0.1, -0.05) is 0 Å². The number of hydrogen-bond donors (Lipinski definition) is 1. The van der Waals surface area contributed by atoms with Crippen LogP contribution in [0.4, 0.5) is 11.5 Å². The number of aromatic nitrogens is 1. The van der Waals surface area contributed by atoms with Crippen molar-refractivity contribution < 1.29 is 14.5 Å². The number of rotatable bonds is 4. The summed E-state index contributed by atoms with van der Waals surface area (Å²) < 4.78 is 4.72. The number of pyridine rings is 1. The summed E-state index contributed by atoms with van der Waals surface area (Å²) in [5.74, 6) is 0.336. The molecule has 0 spiro atoms. The summed E-state index contributed by atoms with van der Waals surface area (Å²) in [4.78, 5) is 25.4. The summed E-state index contributed by atoms with van der Waals surface area (Å²) in [6, 6.07) is 3.13. The van der Waals surface area contributed by atoms with Crippen molar-refractivity contribution in [3.05, 3.63) is 28.4 Å². The number of nitro groups is 1. The normalized spacial score (nSPS) is 21.9. The first-order valence-corrected chi connectivity index (χ1v) is 6.05. The van der Waals surface area contributed by atoms with E-state index in [-0.39, 0.29) is 23.6 Å². The average molecular weight is 265 g/mol. The number of carbonyl (C=O) groups is 1. The Morgan fingerprint density at radius 3 is 2.89 bits per heavy atom. The predicted molar refractivity (Wildman–Crippen MR) is 67.7 cm³/mol. The summed E-state index contributed by atoms with van der Waals surface area (Å²) in [5, 5.41) is 13.7. The smallest absolute Gasteiger partial charge is 0.308 e. The van der Waals surface area contributed by atoms with Crippen LogP contribution in [-0.2, 0) is 9.53 Å². The molecule has 0 aliphatic heterocycles. The summed E-state index contributed by atoms with van der Waals surface area (Å²) in [6.45, 7) is 0. The zero-order chi connectivity index (χ0) is 13.8. The van der Waals surface area contributed by atoms with Crippen LogP contribution in [0.15, 0.2) is 18.3 Å². The Kier molecular flexibility index (Phi) is 3.94. The van der Waals surface area contributed by atoms with E-state index in [0.717, 1.165) is 12.8 Å². The number of hydrogen-bond acceptors (Lipinski definition) is 6. The van der Waals surface area contributed by atoms with E-state index in [1.54, 1.807) is 6.07 Å². The third-order valence-corrected chi connectivity index (χ3v) is 3.28. The van der Waals surface area contributed by atoms with E-state index in [0.29, 0.717) is 12.2 Å². The first-order valence-electron chi connectivity index (χ1n) is 6.05. The molecule has 2 rings (SSSR count). The molecule has 1 aromatic heterocycles. The van der Waals surface area contributed by atoms with Crippen molar-refractivity contribution in [2.45, 2.75) is 25.3 Å². The Morgan fingerprint density at radius 2 is 2.32 bits per heavy atom. The third kappa shape index (κ3) is 3.18. The SMILES string of the molecule is COC(=O)[C@H]1CC[C@@H](Nc2ccc([N+](=O)[O-])cn2)C1. The van der Waals surface area contributed by atoms with Gasteiger partial charge < -0.3 is 10.1 Å². The lowest BCUT2D eigenvalue weighted by Gasteiger charge is -2.13. The van der Waals surface area contributed by atoms with Crippen LogP contribution in [0.5, 0.6) is 0 Å². The van der Waals surface area contributed by atoms with Gasteiger partial charge in [0.2, 0.25) is 0 Å². The van der Waals surface area contributed by atoms with Crippen LogP contribution in [0.1, 0.15) is 19.3 Å². The van der Waals surface area contributed by atoms with Crippen LogP contribution < -0.4 is 5.32 Å². The molecule has 0 unspecified atom stereocenters. The molecular formula is C12H15N3O4. The van der Waals surface area contributed by atoms with E-state index in [9.17, 15) is 14.9 Å². The molecule has 1 aliphatic rings. The van der Waals surface area contributed by atoms with Gasteiger partial charge in [-0.2, -0.15) is 0 Å². The minimum Gasteiger partial charge on any atom is -0.469 e. The Bertz CT molecular complexity index is 474. The van der Waals surface area contributed by atoms with Gasteiger partial charge in [-0.05, 0) is 25.3 Å². The lowest BCUT2D eigenvalue weighted by molar-refractivity contribution is -0.385. The van der Waals surface area contributed by atoms with Gasteiger partial charge in [0.15, 0.2) is 0 Å². The average Bonchev–Trinajstić information content (AvgIpc) is 2.87.